The first-order valence-corrected chi connectivity index (χ1v) is 8.05. The highest BCUT2D eigenvalue weighted by Gasteiger charge is 2.12. The van der Waals surface area contributed by atoms with Crippen molar-refractivity contribution in [3.8, 4) is 0 Å². The van der Waals surface area contributed by atoms with Crippen molar-refractivity contribution in [1.29, 1.82) is 0 Å². The van der Waals surface area contributed by atoms with Gasteiger partial charge in [-0.05, 0) is 35.1 Å². The SMILES string of the molecule is CC(C)CC(CN)NC(=O)CCc1ccc2ccccc2c1.Cl. The molecule has 0 aliphatic heterocycles. The monoisotopic (exact) mass is 334 g/mol. The summed E-state index contributed by atoms with van der Waals surface area (Å²) in [6.07, 6.45) is 2.20. The lowest BCUT2D eigenvalue weighted by molar-refractivity contribution is -0.121. The molecule has 2 aromatic rings. The van der Waals surface area contributed by atoms with E-state index >= 15 is 0 Å². The van der Waals surface area contributed by atoms with Crippen LogP contribution in [-0.4, -0.2) is 18.5 Å². The van der Waals surface area contributed by atoms with E-state index in [2.05, 4.69) is 49.5 Å². The highest BCUT2D eigenvalue weighted by Crippen LogP contribution is 2.16. The molecular weight excluding hydrogens is 308 g/mol. The predicted octanol–water partition coefficient (Wildman–Crippen LogP) is 3.68. The first-order valence-electron chi connectivity index (χ1n) is 8.05. The van der Waals surface area contributed by atoms with Gasteiger partial charge in [-0.3, -0.25) is 4.79 Å². The molecule has 0 saturated heterocycles. The topological polar surface area (TPSA) is 55.1 Å². The number of nitrogens with two attached hydrogens (primary N) is 1. The van der Waals surface area contributed by atoms with Crippen LogP contribution in [0.5, 0.6) is 0 Å². The summed E-state index contributed by atoms with van der Waals surface area (Å²) in [6.45, 7) is 4.79. The molecule has 0 radical (unpaired) electrons. The molecule has 0 spiro atoms. The number of carbonyl (C=O) groups excluding carboxylic acids is 1. The smallest absolute Gasteiger partial charge is 0.220 e. The number of fused-ring (bicyclic) bond motifs is 1. The zero-order valence-corrected chi connectivity index (χ0v) is 14.7. The van der Waals surface area contributed by atoms with Crippen LogP contribution in [0.25, 0.3) is 10.8 Å². The molecule has 0 bridgehead atoms. The molecule has 0 fully saturated rings. The largest absolute Gasteiger partial charge is 0.352 e. The second-order valence-electron chi connectivity index (χ2n) is 6.31. The molecular formula is C19H27ClN2O. The van der Waals surface area contributed by atoms with Crippen molar-refractivity contribution in [2.75, 3.05) is 6.54 Å². The lowest BCUT2D eigenvalue weighted by Crippen LogP contribution is -2.41. The second-order valence-corrected chi connectivity index (χ2v) is 6.31. The van der Waals surface area contributed by atoms with Gasteiger partial charge in [-0.2, -0.15) is 0 Å². The van der Waals surface area contributed by atoms with E-state index in [1.54, 1.807) is 0 Å². The highest BCUT2D eigenvalue weighted by atomic mass is 35.5. The number of halogens is 1. The molecule has 126 valence electrons. The van der Waals surface area contributed by atoms with Gasteiger partial charge in [0.1, 0.15) is 0 Å². The molecule has 0 heterocycles. The fourth-order valence-corrected chi connectivity index (χ4v) is 2.74. The Hall–Kier alpha value is -1.58. The Morgan fingerprint density at radius 1 is 1.13 bits per heavy atom. The van der Waals surface area contributed by atoms with Crippen molar-refractivity contribution < 1.29 is 4.79 Å². The van der Waals surface area contributed by atoms with Crippen molar-refractivity contribution in [3.63, 3.8) is 0 Å². The molecule has 3 nitrogen and oxygen atoms in total. The Bertz CT molecular complexity index is 628. The van der Waals surface area contributed by atoms with E-state index in [1.807, 2.05) is 12.1 Å². The predicted molar refractivity (Wildman–Crippen MR) is 100.0 cm³/mol. The van der Waals surface area contributed by atoms with Crippen molar-refractivity contribution >= 4 is 29.1 Å². The summed E-state index contributed by atoms with van der Waals surface area (Å²) in [5.41, 5.74) is 6.92. The minimum Gasteiger partial charge on any atom is -0.352 e. The van der Waals surface area contributed by atoms with Crippen LogP contribution in [0.1, 0.15) is 32.3 Å². The molecule has 1 unspecified atom stereocenters. The van der Waals surface area contributed by atoms with Gasteiger partial charge in [0.2, 0.25) is 5.91 Å². The van der Waals surface area contributed by atoms with Gasteiger partial charge in [0.15, 0.2) is 0 Å². The van der Waals surface area contributed by atoms with Gasteiger partial charge in [-0.1, -0.05) is 56.3 Å². The van der Waals surface area contributed by atoms with Gasteiger partial charge in [0.25, 0.3) is 0 Å². The summed E-state index contributed by atoms with van der Waals surface area (Å²) in [5.74, 6) is 0.624. The Morgan fingerprint density at radius 2 is 1.83 bits per heavy atom. The third kappa shape index (κ3) is 6.20. The van der Waals surface area contributed by atoms with E-state index in [4.69, 9.17) is 5.73 Å². The minimum absolute atomic E-state index is 0. The van der Waals surface area contributed by atoms with Crippen molar-refractivity contribution in [2.45, 2.75) is 39.2 Å². The zero-order chi connectivity index (χ0) is 15.9. The molecule has 2 rings (SSSR count). The minimum atomic E-state index is 0. The van der Waals surface area contributed by atoms with Crippen molar-refractivity contribution in [1.82, 2.24) is 5.32 Å². The molecule has 1 amide bonds. The van der Waals surface area contributed by atoms with E-state index in [0.717, 1.165) is 12.8 Å². The molecule has 23 heavy (non-hydrogen) atoms. The van der Waals surface area contributed by atoms with Gasteiger partial charge in [-0.25, -0.2) is 0 Å². The molecule has 0 aromatic heterocycles. The maximum atomic E-state index is 12.1. The number of rotatable bonds is 7. The summed E-state index contributed by atoms with van der Waals surface area (Å²) < 4.78 is 0. The average Bonchev–Trinajstić information content (AvgIpc) is 2.51. The fraction of sp³-hybridized carbons (Fsp3) is 0.421. The number of carbonyl (C=O) groups is 1. The molecule has 0 saturated carbocycles. The fourth-order valence-electron chi connectivity index (χ4n) is 2.74. The number of amides is 1. The maximum absolute atomic E-state index is 12.1. The molecule has 4 heteroatoms. The number of hydrogen-bond donors (Lipinski definition) is 2. The number of nitrogens with one attached hydrogen (secondary N) is 1. The molecule has 0 aliphatic carbocycles. The lowest BCUT2D eigenvalue weighted by atomic mass is 10.0. The van der Waals surface area contributed by atoms with E-state index < -0.39 is 0 Å². The van der Waals surface area contributed by atoms with Gasteiger partial charge in [0, 0.05) is 19.0 Å². The zero-order valence-electron chi connectivity index (χ0n) is 13.9. The van der Waals surface area contributed by atoms with E-state index in [-0.39, 0.29) is 24.4 Å². The van der Waals surface area contributed by atoms with Crippen LogP contribution in [0.4, 0.5) is 0 Å². The second kappa shape index (κ2) is 9.53. The van der Waals surface area contributed by atoms with Crippen molar-refractivity contribution in [2.24, 2.45) is 11.7 Å². The first-order chi connectivity index (χ1) is 10.6. The Morgan fingerprint density at radius 3 is 2.48 bits per heavy atom. The Kier molecular flexibility index (Phi) is 8.07. The summed E-state index contributed by atoms with van der Waals surface area (Å²) >= 11 is 0. The summed E-state index contributed by atoms with van der Waals surface area (Å²) in [7, 11) is 0. The third-order valence-electron chi connectivity index (χ3n) is 3.86. The average molecular weight is 335 g/mol. The Balaban J connectivity index is 0.00000264. The van der Waals surface area contributed by atoms with Crippen LogP contribution in [0.3, 0.4) is 0 Å². The van der Waals surface area contributed by atoms with E-state index in [9.17, 15) is 4.79 Å². The number of hydrogen-bond acceptors (Lipinski definition) is 2. The van der Waals surface area contributed by atoms with Crippen LogP contribution in [0.2, 0.25) is 0 Å². The van der Waals surface area contributed by atoms with Gasteiger partial charge in [-0.15, -0.1) is 12.4 Å². The van der Waals surface area contributed by atoms with Crippen LogP contribution in [0.15, 0.2) is 42.5 Å². The van der Waals surface area contributed by atoms with Gasteiger partial charge in [0.05, 0.1) is 0 Å². The normalized spacial score (nSPS) is 12.0. The molecule has 3 N–H and O–H groups in total. The van der Waals surface area contributed by atoms with Gasteiger partial charge >= 0.3 is 0 Å². The maximum Gasteiger partial charge on any atom is 0.220 e. The summed E-state index contributed by atoms with van der Waals surface area (Å²) in [6, 6.07) is 14.7. The van der Waals surface area contributed by atoms with Crippen molar-refractivity contribution in [3.05, 3.63) is 48.0 Å². The molecule has 0 aliphatic rings. The van der Waals surface area contributed by atoms with Crippen LogP contribution < -0.4 is 11.1 Å². The standard InChI is InChI=1S/C19H26N2O.ClH/c1-14(2)11-18(13-20)21-19(22)10-8-15-7-9-16-5-3-4-6-17(16)12-15;/h3-7,9,12,14,18H,8,10-11,13,20H2,1-2H3,(H,21,22);1H. The highest BCUT2D eigenvalue weighted by molar-refractivity contribution is 5.85. The van der Waals surface area contributed by atoms with Gasteiger partial charge < -0.3 is 11.1 Å². The first kappa shape index (κ1) is 19.5. The van der Waals surface area contributed by atoms with E-state index in [1.165, 1.54) is 16.3 Å². The summed E-state index contributed by atoms with van der Waals surface area (Å²) in [4.78, 5) is 12.1. The molecule has 1 atom stereocenters. The van der Waals surface area contributed by atoms with Crippen LogP contribution in [-0.2, 0) is 11.2 Å². The number of benzene rings is 2. The lowest BCUT2D eigenvalue weighted by Gasteiger charge is -2.18. The quantitative estimate of drug-likeness (QED) is 0.811. The van der Waals surface area contributed by atoms with Crippen LogP contribution in [0, 0.1) is 5.92 Å². The number of aryl methyl sites for hydroxylation is 1. The Labute approximate surface area is 145 Å². The summed E-state index contributed by atoms with van der Waals surface area (Å²) in [5, 5.41) is 5.50. The van der Waals surface area contributed by atoms with Crippen LogP contribution >= 0.6 is 12.4 Å². The third-order valence-corrected chi connectivity index (χ3v) is 3.86. The molecule has 2 aromatic carbocycles. The van der Waals surface area contributed by atoms with E-state index in [0.29, 0.717) is 18.9 Å².